The van der Waals surface area contributed by atoms with Gasteiger partial charge in [0.25, 0.3) is 0 Å². The van der Waals surface area contributed by atoms with E-state index in [-0.39, 0.29) is 17.5 Å². The van der Waals surface area contributed by atoms with Gasteiger partial charge in [0.2, 0.25) is 15.9 Å². The fourth-order valence-corrected chi connectivity index (χ4v) is 5.59. The molecular weight excluding hydrogens is 530 g/mol. The molecule has 1 aliphatic heterocycles. The number of nitriles is 2. The van der Waals surface area contributed by atoms with E-state index in [0.29, 0.717) is 65.6 Å². The third kappa shape index (κ3) is 7.13. The normalized spacial score (nSPS) is 13.8. The molecule has 1 aromatic carbocycles. The summed E-state index contributed by atoms with van der Waals surface area (Å²) >= 11 is 1.32. The number of aromatic nitrogens is 1. The third-order valence-corrected chi connectivity index (χ3v) is 7.99. The third-order valence-electron chi connectivity index (χ3n) is 6.01. The molecule has 12 nitrogen and oxygen atoms in total. The van der Waals surface area contributed by atoms with Crippen LogP contribution in [0.25, 0.3) is 0 Å². The van der Waals surface area contributed by atoms with Gasteiger partial charge >= 0.3 is 6.09 Å². The van der Waals surface area contributed by atoms with Gasteiger partial charge in [-0.25, -0.2) is 23.3 Å². The molecule has 2 aromatic rings. The Kier molecular flexibility index (Phi) is 9.52. The van der Waals surface area contributed by atoms with Crippen molar-refractivity contribution < 1.29 is 23.1 Å². The molecule has 2 amide bonds. The first-order valence-corrected chi connectivity index (χ1v) is 14.2. The van der Waals surface area contributed by atoms with Gasteiger partial charge in [-0.05, 0) is 42.5 Å². The summed E-state index contributed by atoms with van der Waals surface area (Å²) in [6, 6.07) is 10.4. The second kappa shape index (κ2) is 12.6. The first kappa shape index (κ1) is 28.7. The molecule has 200 valence electrons. The van der Waals surface area contributed by atoms with Crippen molar-refractivity contribution in [3.05, 3.63) is 46.5 Å². The average Bonchev–Trinajstić information content (AvgIpc) is 2.89. The SMILES string of the molecule is CCc1c(C#N)c(SCc2ccc(S(N)(=O)=O)cc2)nc(N2CCC(NC(=O)CNC(=O)O)CC2)c1C#N. The minimum atomic E-state index is -3.80. The van der Waals surface area contributed by atoms with E-state index in [0.717, 1.165) is 5.56 Å². The van der Waals surface area contributed by atoms with Crippen LogP contribution in [0.5, 0.6) is 0 Å². The number of nitrogens with zero attached hydrogens (tertiary/aromatic N) is 4. The zero-order valence-electron chi connectivity index (χ0n) is 20.6. The van der Waals surface area contributed by atoms with Crippen molar-refractivity contribution in [2.75, 3.05) is 24.5 Å². The van der Waals surface area contributed by atoms with E-state index in [4.69, 9.17) is 15.2 Å². The van der Waals surface area contributed by atoms with E-state index >= 15 is 0 Å². The van der Waals surface area contributed by atoms with E-state index in [9.17, 15) is 28.5 Å². The molecule has 1 saturated heterocycles. The fourth-order valence-electron chi connectivity index (χ4n) is 4.11. The van der Waals surface area contributed by atoms with Crippen molar-refractivity contribution in [2.45, 2.75) is 47.9 Å². The average molecular weight is 558 g/mol. The Morgan fingerprint density at radius 1 is 1.18 bits per heavy atom. The first-order chi connectivity index (χ1) is 18.1. The summed E-state index contributed by atoms with van der Waals surface area (Å²) in [5.41, 5.74) is 2.11. The van der Waals surface area contributed by atoms with E-state index in [1.54, 1.807) is 12.1 Å². The molecule has 2 heterocycles. The molecular formula is C24H27N7O5S2. The predicted molar refractivity (Wildman–Crippen MR) is 140 cm³/mol. The second-order valence-corrected chi connectivity index (χ2v) is 11.0. The number of amides is 2. The molecule has 1 aliphatic rings. The number of hydrogen-bond acceptors (Lipinski definition) is 9. The van der Waals surface area contributed by atoms with Crippen LogP contribution in [-0.4, -0.2) is 56.2 Å². The minimum Gasteiger partial charge on any atom is -0.465 e. The zero-order chi connectivity index (χ0) is 27.9. The maximum absolute atomic E-state index is 11.9. The molecule has 14 heteroatoms. The summed E-state index contributed by atoms with van der Waals surface area (Å²) in [4.78, 5) is 29.2. The molecule has 0 saturated carbocycles. The smallest absolute Gasteiger partial charge is 0.405 e. The molecule has 5 N–H and O–H groups in total. The van der Waals surface area contributed by atoms with Gasteiger partial charge in [0.1, 0.15) is 23.0 Å². The monoisotopic (exact) mass is 557 g/mol. The first-order valence-electron chi connectivity index (χ1n) is 11.7. The van der Waals surface area contributed by atoms with Gasteiger partial charge in [0, 0.05) is 24.9 Å². The highest BCUT2D eigenvalue weighted by Crippen LogP contribution is 2.34. The van der Waals surface area contributed by atoms with E-state index < -0.39 is 22.0 Å². The summed E-state index contributed by atoms with van der Waals surface area (Å²) in [5, 5.41) is 38.9. The lowest BCUT2D eigenvalue weighted by molar-refractivity contribution is -0.121. The van der Waals surface area contributed by atoms with Crippen LogP contribution in [0.1, 0.15) is 42.0 Å². The number of carbonyl (C=O) groups is 2. The van der Waals surface area contributed by atoms with Crippen LogP contribution in [-0.2, 0) is 27.0 Å². The molecule has 3 rings (SSSR count). The predicted octanol–water partition coefficient (Wildman–Crippen LogP) is 1.68. The van der Waals surface area contributed by atoms with Crippen LogP contribution in [0.4, 0.5) is 10.6 Å². The standard InChI is InChI=1S/C24H27N7O5S2/c1-2-18-19(11-25)22(31-9-7-16(8-10-31)29-21(32)13-28-24(33)34)30-23(20(18)12-26)37-14-15-3-5-17(6-4-15)38(27,35)36/h3-6,16,28H,2,7-10,13-14H2,1H3,(H,29,32)(H,33,34)(H2,27,35,36). The Bertz CT molecular complexity index is 1390. The number of sulfonamides is 1. The number of anilines is 1. The highest BCUT2D eigenvalue weighted by molar-refractivity contribution is 7.98. The number of pyridine rings is 1. The van der Waals surface area contributed by atoms with Crippen LogP contribution in [0.2, 0.25) is 0 Å². The molecule has 0 radical (unpaired) electrons. The Hall–Kier alpha value is -3.85. The van der Waals surface area contributed by atoms with Crippen LogP contribution in [0, 0.1) is 22.7 Å². The number of rotatable bonds is 9. The van der Waals surface area contributed by atoms with Crippen LogP contribution >= 0.6 is 11.8 Å². The Morgan fingerprint density at radius 3 is 2.34 bits per heavy atom. The number of carbonyl (C=O) groups excluding carboxylic acids is 1. The second-order valence-electron chi connectivity index (χ2n) is 8.51. The van der Waals surface area contributed by atoms with Crippen LogP contribution < -0.4 is 20.7 Å². The number of benzene rings is 1. The molecule has 1 aromatic heterocycles. The lowest BCUT2D eigenvalue weighted by Gasteiger charge is -2.34. The van der Waals surface area contributed by atoms with Gasteiger partial charge in [0.15, 0.2) is 0 Å². The molecule has 1 fully saturated rings. The van der Waals surface area contributed by atoms with Gasteiger partial charge < -0.3 is 20.6 Å². The lowest BCUT2D eigenvalue weighted by Crippen LogP contribution is -2.47. The number of nitrogens with one attached hydrogen (secondary N) is 2. The molecule has 0 atom stereocenters. The Balaban J connectivity index is 1.80. The van der Waals surface area contributed by atoms with Crippen LogP contribution in [0.15, 0.2) is 34.2 Å². The van der Waals surface area contributed by atoms with Crippen molar-refractivity contribution in [3.63, 3.8) is 0 Å². The summed E-state index contributed by atoms with van der Waals surface area (Å²) in [5.74, 6) is 0.483. The van der Waals surface area contributed by atoms with E-state index in [1.165, 1.54) is 23.9 Å². The quantitative estimate of drug-likeness (QED) is 0.328. The number of nitrogens with two attached hydrogens (primary N) is 1. The molecule has 0 spiro atoms. The summed E-state index contributed by atoms with van der Waals surface area (Å²) in [6.07, 6.45) is 0.338. The maximum atomic E-state index is 11.9. The van der Waals surface area contributed by atoms with Crippen molar-refractivity contribution in [2.24, 2.45) is 5.14 Å². The Labute approximate surface area is 224 Å². The highest BCUT2D eigenvalue weighted by atomic mass is 32.2. The van der Waals surface area contributed by atoms with Crippen LogP contribution in [0.3, 0.4) is 0 Å². The van der Waals surface area contributed by atoms with E-state index in [1.807, 2.05) is 17.1 Å². The number of hydrogen-bond donors (Lipinski definition) is 4. The minimum absolute atomic E-state index is 0.00811. The van der Waals surface area contributed by atoms with Crippen molar-refractivity contribution in [1.29, 1.82) is 10.5 Å². The maximum Gasteiger partial charge on any atom is 0.405 e. The lowest BCUT2D eigenvalue weighted by atomic mass is 10.00. The number of piperidine rings is 1. The molecule has 38 heavy (non-hydrogen) atoms. The van der Waals surface area contributed by atoms with Crippen molar-refractivity contribution >= 4 is 39.6 Å². The van der Waals surface area contributed by atoms with Crippen molar-refractivity contribution in [3.8, 4) is 12.1 Å². The molecule has 0 unspecified atom stereocenters. The summed E-state index contributed by atoms with van der Waals surface area (Å²) < 4.78 is 23.0. The van der Waals surface area contributed by atoms with Gasteiger partial charge in [-0.3, -0.25) is 4.79 Å². The summed E-state index contributed by atoms with van der Waals surface area (Å²) in [7, 11) is -3.80. The van der Waals surface area contributed by atoms with Crippen molar-refractivity contribution in [1.82, 2.24) is 15.6 Å². The molecule has 0 aliphatic carbocycles. The zero-order valence-corrected chi connectivity index (χ0v) is 22.2. The van der Waals surface area contributed by atoms with Gasteiger partial charge in [0.05, 0.1) is 22.6 Å². The number of thioether (sulfide) groups is 1. The number of carboxylic acid groups (broad SMARTS) is 1. The fraction of sp³-hybridized carbons (Fsp3) is 0.375. The largest absolute Gasteiger partial charge is 0.465 e. The molecule has 0 bridgehead atoms. The highest BCUT2D eigenvalue weighted by Gasteiger charge is 2.27. The van der Waals surface area contributed by atoms with Gasteiger partial charge in [-0.2, -0.15) is 10.5 Å². The topological polar surface area (TPSA) is 202 Å². The summed E-state index contributed by atoms with van der Waals surface area (Å²) in [6.45, 7) is 2.56. The Morgan fingerprint density at radius 2 is 1.82 bits per heavy atom. The van der Waals surface area contributed by atoms with Gasteiger partial charge in [-0.1, -0.05) is 19.1 Å². The number of primary sulfonamides is 1. The van der Waals surface area contributed by atoms with E-state index in [2.05, 4.69) is 17.5 Å². The van der Waals surface area contributed by atoms with Gasteiger partial charge in [-0.15, -0.1) is 11.8 Å².